The van der Waals surface area contributed by atoms with Crippen molar-refractivity contribution >= 4 is 5.82 Å². The highest BCUT2D eigenvalue weighted by molar-refractivity contribution is 5.61. The van der Waals surface area contributed by atoms with Gasteiger partial charge >= 0.3 is 0 Å². The average molecular weight is 210 g/mol. The van der Waals surface area contributed by atoms with E-state index in [2.05, 4.69) is 15.4 Å². The number of halogens is 1. The number of nitrogens with zero attached hydrogens (tertiary/aromatic N) is 5. The number of hydrogen-bond donors (Lipinski definition) is 1. The largest absolute Gasteiger partial charge is 0.381 e. The predicted octanol–water partition coefficient (Wildman–Crippen LogP) is 0.245. The third kappa shape index (κ3) is 1.27. The number of aryl methyl sites for hydroxylation is 2. The van der Waals surface area contributed by atoms with Crippen LogP contribution in [0.15, 0.2) is 0 Å². The van der Waals surface area contributed by atoms with Crippen LogP contribution in [0.1, 0.15) is 5.69 Å². The number of anilines is 1. The van der Waals surface area contributed by atoms with Crippen molar-refractivity contribution in [2.45, 2.75) is 6.92 Å². The van der Waals surface area contributed by atoms with Crippen LogP contribution < -0.4 is 5.73 Å². The Bertz CT molecular complexity index is 511. The third-order valence-electron chi connectivity index (χ3n) is 2.36. The topological polar surface area (TPSA) is 74.6 Å². The molecule has 6 nitrogen and oxygen atoms in total. The van der Waals surface area contributed by atoms with E-state index in [4.69, 9.17) is 5.73 Å². The van der Waals surface area contributed by atoms with E-state index < -0.39 is 5.82 Å². The molecule has 0 aliphatic rings. The van der Waals surface area contributed by atoms with Gasteiger partial charge in [0.25, 0.3) is 0 Å². The smallest absolute Gasteiger partial charge is 0.194 e. The van der Waals surface area contributed by atoms with E-state index in [1.807, 2.05) is 0 Å². The molecule has 2 rings (SSSR count). The van der Waals surface area contributed by atoms with Gasteiger partial charge in [0.1, 0.15) is 5.69 Å². The van der Waals surface area contributed by atoms with Crippen molar-refractivity contribution in [3.05, 3.63) is 11.5 Å². The lowest BCUT2D eigenvalue weighted by Gasteiger charge is -1.93. The minimum atomic E-state index is -0.555. The molecule has 0 unspecified atom stereocenters. The summed E-state index contributed by atoms with van der Waals surface area (Å²) in [5, 5.41) is 11.6. The van der Waals surface area contributed by atoms with Crippen LogP contribution in [0.25, 0.3) is 11.4 Å². The molecule has 0 amide bonds. The van der Waals surface area contributed by atoms with Crippen molar-refractivity contribution in [2.75, 3.05) is 5.73 Å². The fraction of sp³-hybridized carbons (Fsp3) is 0.375. The van der Waals surface area contributed by atoms with Crippen molar-refractivity contribution in [2.24, 2.45) is 14.1 Å². The van der Waals surface area contributed by atoms with Crippen molar-refractivity contribution in [1.82, 2.24) is 24.8 Å². The molecule has 0 fully saturated rings. The second-order valence-corrected chi connectivity index (χ2v) is 3.32. The summed E-state index contributed by atoms with van der Waals surface area (Å²) in [5.41, 5.74) is 6.77. The summed E-state index contributed by atoms with van der Waals surface area (Å²) in [6, 6.07) is 0. The summed E-state index contributed by atoms with van der Waals surface area (Å²) in [4.78, 5) is 0. The van der Waals surface area contributed by atoms with E-state index >= 15 is 0 Å². The molecule has 0 radical (unpaired) electrons. The zero-order valence-corrected chi connectivity index (χ0v) is 8.69. The van der Waals surface area contributed by atoms with Gasteiger partial charge in [-0.2, -0.15) is 5.10 Å². The van der Waals surface area contributed by atoms with Crippen molar-refractivity contribution in [1.29, 1.82) is 0 Å². The number of rotatable bonds is 1. The monoisotopic (exact) mass is 210 g/mol. The maximum Gasteiger partial charge on any atom is 0.194 e. The van der Waals surface area contributed by atoms with E-state index in [1.54, 1.807) is 25.7 Å². The van der Waals surface area contributed by atoms with Crippen LogP contribution in [0.5, 0.6) is 0 Å². The van der Waals surface area contributed by atoms with Crippen molar-refractivity contribution < 1.29 is 4.39 Å². The van der Waals surface area contributed by atoms with E-state index in [0.717, 1.165) is 5.69 Å². The zero-order valence-electron chi connectivity index (χ0n) is 8.69. The predicted molar refractivity (Wildman–Crippen MR) is 52.3 cm³/mol. The van der Waals surface area contributed by atoms with E-state index in [-0.39, 0.29) is 11.5 Å². The molecule has 0 aromatic carbocycles. The Morgan fingerprint density at radius 3 is 2.27 bits per heavy atom. The van der Waals surface area contributed by atoms with Gasteiger partial charge in [0.15, 0.2) is 17.3 Å². The molecule has 2 aromatic heterocycles. The highest BCUT2D eigenvalue weighted by atomic mass is 19.1. The molecule has 0 saturated carbocycles. The molecule has 2 aromatic rings. The maximum absolute atomic E-state index is 13.6. The van der Waals surface area contributed by atoms with Crippen LogP contribution in [0.4, 0.5) is 10.2 Å². The van der Waals surface area contributed by atoms with Gasteiger partial charge in [0.2, 0.25) is 0 Å². The summed E-state index contributed by atoms with van der Waals surface area (Å²) in [6.45, 7) is 1.79. The summed E-state index contributed by atoms with van der Waals surface area (Å²) >= 11 is 0. The minimum Gasteiger partial charge on any atom is -0.381 e. The molecule has 7 heteroatoms. The Morgan fingerprint density at radius 2 is 1.87 bits per heavy atom. The number of hydrogen-bond acceptors (Lipinski definition) is 4. The standard InChI is InChI=1S/C8H11FN6/c1-4-6(11-13-14(4)2)7-5(9)8(10)15(3)12-7/h10H2,1-3H3. The van der Waals surface area contributed by atoms with Crippen LogP contribution in [0.2, 0.25) is 0 Å². The Kier molecular flexibility index (Phi) is 1.95. The molecule has 15 heavy (non-hydrogen) atoms. The molecule has 0 atom stereocenters. The van der Waals surface area contributed by atoms with Crippen LogP contribution in [0.3, 0.4) is 0 Å². The van der Waals surface area contributed by atoms with E-state index in [1.165, 1.54) is 4.68 Å². The normalized spacial score (nSPS) is 10.9. The van der Waals surface area contributed by atoms with Gasteiger partial charge in [-0.25, -0.2) is 9.07 Å². The molecule has 0 aliphatic heterocycles. The van der Waals surface area contributed by atoms with Gasteiger partial charge in [-0.1, -0.05) is 5.21 Å². The van der Waals surface area contributed by atoms with Crippen LogP contribution >= 0.6 is 0 Å². The van der Waals surface area contributed by atoms with Gasteiger partial charge in [0.05, 0.1) is 5.69 Å². The lowest BCUT2D eigenvalue weighted by molar-refractivity contribution is 0.633. The summed E-state index contributed by atoms with van der Waals surface area (Å²) < 4.78 is 16.4. The minimum absolute atomic E-state index is 0.00458. The zero-order chi connectivity index (χ0) is 11.2. The molecular weight excluding hydrogens is 199 g/mol. The molecule has 80 valence electrons. The molecule has 0 spiro atoms. The van der Waals surface area contributed by atoms with Gasteiger partial charge in [0, 0.05) is 14.1 Å². The van der Waals surface area contributed by atoms with Gasteiger partial charge in [-0.3, -0.25) is 4.68 Å². The Hall–Kier alpha value is -1.92. The summed E-state index contributed by atoms with van der Waals surface area (Å²) in [5.74, 6) is -0.559. The first-order valence-corrected chi connectivity index (χ1v) is 4.37. The second-order valence-electron chi connectivity index (χ2n) is 3.32. The second kappa shape index (κ2) is 3.04. The first-order chi connectivity index (χ1) is 7.02. The van der Waals surface area contributed by atoms with Crippen molar-refractivity contribution in [3.8, 4) is 11.4 Å². The lowest BCUT2D eigenvalue weighted by atomic mass is 10.2. The maximum atomic E-state index is 13.6. The summed E-state index contributed by atoms with van der Waals surface area (Å²) in [6.07, 6.45) is 0. The highest BCUT2D eigenvalue weighted by Crippen LogP contribution is 2.24. The first-order valence-electron chi connectivity index (χ1n) is 4.37. The van der Waals surface area contributed by atoms with Crippen molar-refractivity contribution in [3.63, 3.8) is 0 Å². The molecule has 0 saturated heterocycles. The number of nitrogen functional groups attached to an aromatic ring is 1. The molecular formula is C8H11FN6. The van der Waals surface area contributed by atoms with Crippen LogP contribution in [-0.2, 0) is 14.1 Å². The highest BCUT2D eigenvalue weighted by Gasteiger charge is 2.20. The molecule has 0 bridgehead atoms. The SMILES string of the molecule is Cc1c(-c2nn(C)c(N)c2F)nnn1C. The number of aromatic nitrogens is 5. The van der Waals surface area contributed by atoms with Crippen LogP contribution in [0, 0.1) is 12.7 Å². The Morgan fingerprint density at radius 1 is 1.20 bits per heavy atom. The fourth-order valence-electron chi connectivity index (χ4n) is 1.29. The third-order valence-corrected chi connectivity index (χ3v) is 2.36. The lowest BCUT2D eigenvalue weighted by Crippen LogP contribution is -1.97. The van der Waals surface area contributed by atoms with Crippen LogP contribution in [-0.4, -0.2) is 24.8 Å². The Balaban J connectivity index is 2.64. The molecule has 2 N–H and O–H groups in total. The number of nitrogens with two attached hydrogens (primary N) is 1. The molecule has 0 aliphatic carbocycles. The Labute approximate surface area is 85.5 Å². The van der Waals surface area contributed by atoms with E-state index in [9.17, 15) is 4.39 Å². The van der Waals surface area contributed by atoms with E-state index in [0.29, 0.717) is 5.69 Å². The average Bonchev–Trinajstić information content (AvgIpc) is 2.64. The first kappa shape index (κ1) is 9.63. The molecule has 2 heterocycles. The quantitative estimate of drug-likeness (QED) is 0.731. The summed E-state index contributed by atoms with van der Waals surface area (Å²) in [7, 11) is 3.31. The van der Waals surface area contributed by atoms with Gasteiger partial charge < -0.3 is 5.73 Å². The van der Waals surface area contributed by atoms with Gasteiger partial charge in [-0.05, 0) is 6.92 Å². The van der Waals surface area contributed by atoms with Gasteiger partial charge in [-0.15, -0.1) is 5.10 Å². The fourth-order valence-corrected chi connectivity index (χ4v) is 1.29.